The number of ether oxygens (including phenoxy) is 1. The maximum absolute atomic E-state index is 14.1. The standard InChI is InChI=1S/C37H51F2NO7S/c1-20(2)9-8-10-24(34(44)40-48(45,46)23-11-12-27(38)28(39)17-23)32-26-18-30(43)33-35(5)15-14-29(42)21(3)25(35)13-16-36(33,6)37(26,7)19-31(32)47-22(4)41/h9,11-12,17,21,25-26,29-31,33,42-43H,8,10,13-16,18-19H2,1-7H3,(H,40,44)/b32-24-/t21-,25-,26-,29+,30+,31-,33?,35-,36-,37-/m0/s1. The highest BCUT2D eigenvalue weighted by molar-refractivity contribution is 7.90. The first-order chi connectivity index (χ1) is 22.3. The van der Waals surface area contributed by atoms with Crippen LogP contribution in [-0.4, -0.2) is 48.8 Å². The lowest BCUT2D eigenvalue weighted by Crippen LogP contribution is -2.65. The molecule has 266 valence electrons. The fraction of sp³-hybridized carbons (Fsp3) is 0.676. The van der Waals surface area contributed by atoms with Crippen LogP contribution >= 0.6 is 0 Å². The van der Waals surface area contributed by atoms with Crippen LogP contribution in [0.4, 0.5) is 8.78 Å². The Morgan fingerprint density at radius 1 is 1.02 bits per heavy atom. The summed E-state index contributed by atoms with van der Waals surface area (Å²) in [7, 11) is -4.61. The molecule has 4 fully saturated rings. The number of carbonyl (C=O) groups is 2. The molecule has 11 heteroatoms. The molecule has 4 saturated carbocycles. The molecule has 3 N–H and O–H groups in total. The van der Waals surface area contributed by atoms with Gasteiger partial charge in [0.1, 0.15) is 6.10 Å². The number of fused-ring (bicyclic) bond motifs is 5. The number of halogens is 2. The van der Waals surface area contributed by atoms with E-state index in [-0.39, 0.29) is 41.3 Å². The van der Waals surface area contributed by atoms with Gasteiger partial charge in [0, 0.05) is 12.5 Å². The number of sulfonamides is 1. The summed E-state index contributed by atoms with van der Waals surface area (Å²) in [6.45, 7) is 13.9. The fourth-order valence-electron chi connectivity index (χ4n) is 10.7. The number of hydrogen-bond acceptors (Lipinski definition) is 7. The van der Waals surface area contributed by atoms with E-state index < -0.39 is 67.4 Å². The molecule has 4 aliphatic rings. The zero-order chi connectivity index (χ0) is 35.6. The highest BCUT2D eigenvalue weighted by Crippen LogP contribution is 2.74. The van der Waals surface area contributed by atoms with Gasteiger partial charge in [-0.25, -0.2) is 21.9 Å². The SMILES string of the molecule is CC(=O)O[C@H]1C[C@@]2(C)[C@@H](C[C@@H](O)C3[C@]2(C)CC[C@H]2[C@H](C)[C@H](O)CC[C@]32C)/C1=C(\CCC=C(C)C)C(=O)NS(=O)(=O)c1ccc(F)c(F)c1. The summed E-state index contributed by atoms with van der Waals surface area (Å²) in [6, 6.07) is 2.10. The summed E-state index contributed by atoms with van der Waals surface area (Å²) < 4.78 is 62.3. The van der Waals surface area contributed by atoms with E-state index in [4.69, 9.17) is 4.74 Å². The molecule has 4 aliphatic carbocycles. The third-order valence-corrected chi connectivity index (χ3v) is 14.3. The summed E-state index contributed by atoms with van der Waals surface area (Å²) >= 11 is 0. The van der Waals surface area contributed by atoms with Crippen LogP contribution in [0.3, 0.4) is 0 Å². The van der Waals surface area contributed by atoms with E-state index in [1.807, 2.05) is 19.9 Å². The first kappa shape index (κ1) is 36.6. The van der Waals surface area contributed by atoms with Crippen LogP contribution < -0.4 is 4.72 Å². The monoisotopic (exact) mass is 691 g/mol. The second kappa shape index (κ2) is 12.9. The summed E-state index contributed by atoms with van der Waals surface area (Å²) in [4.78, 5) is 26.1. The van der Waals surface area contributed by atoms with Crippen molar-refractivity contribution in [2.45, 2.75) is 123 Å². The topological polar surface area (TPSA) is 130 Å². The molecule has 10 atom stereocenters. The lowest BCUT2D eigenvalue weighted by Gasteiger charge is -2.69. The lowest BCUT2D eigenvalue weighted by molar-refractivity contribution is -0.234. The first-order valence-corrected chi connectivity index (χ1v) is 18.7. The van der Waals surface area contributed by atoms with Crippen molar-refractivity contribution in [2.75, 3.05) is 0 Å². The zero-order valence-electron chi connectivity index (χ0n) is 29.1. The van der Waals surface area contributed by atoms with Crippen LogP contribution in [-0.2, 0) is 24.3 Å². The minimum Gasteiger partial charge on any atom is -0.458 e. The minimum absolute atomic E-state index is 0.0979. The highest BCUT2D eigenvalue weighted by atomic mass is 32.2. The number of aliphatic hydroxyl groups excluding tert-OH is 2. The van der Waals surface area contributed by atoms with Crippen molar-refractivity contribution < 1.29 is 41.7 Å². The number of benzene rings is 1. The summed E-state index contributed by atoms with van der Waals surface area (Å²) in [6.07, 6.45) is 4.32. The molecule has 8 nitrogen and oxygen atoms in total. The van der Waals surface area contributed by atoms with Crippen molar-refractivity contribution in [2.24, 2.45) is 39.9 Å². The number of rotatable bonds is 7. The van der Waals surface area contributed by atoms with E-state index >= 15 is 0 Å². The second-order valence-electron chi connectivity index (χ2n) is 15.9. The van der Waals surface area contributed by atoms with E-state index in [0.717, 1.165) is 30.9 Å². The third-order valence-electron chi connectivity index (χ3n) is 13.0. The van der Waals surface area contributed by atoms with Gasteiger partial charge in [-0.1, -0.05) is 39.3 Å². The van der Waals surface area contributed by atoms with Crippen LogP contribution in [0, 0.1) is 51.6 Å². The van der Waals surface area contributed by atoms with Crippen molar-refractivity contribution in [3.8, 4) is 0 Å². The van der Waals surface area contributed by atoms with Gasteiger partial charge < -0.3 is 14.9 Å². The number of hydrogen-bond donors (Lipinski definition) is 3. The third kappa shape index (κ3) is 6.06. The Balaban J connectivity index is 1.63. The number of amides is 1. The normalized spacial score (nSPS) is 38.6. The Morgan fingerprint density at radius 3 is 2.33 bits per heavy atom. The molecule has 0 saturated heterocycles. The van der Waals surface area contributed by atoms with Gasteiger partial charge in [0.2, 0.25) is 0 Å². The van der Waals surface area contributed by atoms with Crippen molar-refractivity contribution >= 4 is 21.9 Å². The Hall–Kier alpha value is -2.63. The molecule has 0 aromatic heterocycles. The van der Waals surface area contributed by atoms with E-state index in [9.17, 15) is 37.0 Å². The van der Waals surface area contributed by atoms with Gasteiger partial charge in [-0.15, -0.1) is 0 Å². The summed E-state index contributed by atoms with van der Waals surface area (Å²) in [5.74, 6) is -4.21. The van der Waals surface area contributed by atoms with Gasteiger partial charge in [0.25, 0.3) is 15.9 Å². The Bertz CT molecular complexity index is 1640. The quantitative estimate of drug-likeness (QED) is 0.172. The Kier molecular flexibility index (Phi) is 9.86. The predicted molar refractivity (Wildman–Crippen MR) is 177 cm³/mol. The largest absolute Gasteiger partial charge is 0.458 e. The molecule has 1 amide bonds. The molecule has 5 rings (SSSR count). The molecule has 0 heterocycles. The fourth-order valence-corrected chi connectivity index (χ4v) is 11.7. The average Bonchev–Trinajstić information content (AvgIpc) is 3.25. The van der Waals surface area contributed by atoms with Crippen LogP contribution in [0.5, 0.6) is 0 Å². The van der Waals surface area contributed by atoms with Crippen molar-refractivity contribution in [1.29, 1.82) is 0 Å². The molecule has 0 bridgehead atoms. The Morgan fingerprint density at radius 2 is 1.71 bits per heavy atom. The molecular weight excluding hydrogens is 640 g/mol. The van der Waals surface area contributed by atoms with Gasteiger partial charge in [-0.3, -0.25) is 9.59 Å². The Labute approximate surface area is 283 Å². The molecule has 1 unspecified atom stereocenters. The molecule has 0 radical (unpaired) electrons. The molecule has 0 spiro atoms. The number of allylic oxidation sites excluding steroid dienone is 2. The van der Waals surface area contributed by atoms with Crippen molar-refractivity contribution in [1.82, 2.24) is 4.72 Å². The van der Waals surface area contributed by atoms with E-state index in [2.05, 4.69) is 32.4 Å². The number of aliphatic hydroxyl groups is 2. The van der Waals surface area contributed by atoms with Crippen LogP contribution in [0.15, 0.2) is 45.9 Å². The maximum Gasteiger partial charge on any atom is 0.303 e. The van der Waals surface area contributed by atoms with Gasteiger partial charge in [0.05, 0.1) is 17.1 Å². The number of nitrogens with one attached hydrogen (secondary N) is 1. The average molecular weight is 692 g/mol. The lowest BCUT2D eigenvalue weighted by atomic mass is 9.36. The zero-order valence-corrected chi connectivity index (χ0v) is 29.9. The molecule has 0 aliphatic heterocycles. The molecule has 1 aromatic carbocycles. The molecule has 48 heavy (non-hydrogen) atoms. The van der Waals surface area contributed by atoms with E-state index in [0.29, 0.717) is 43.4 Å². The molecule has 1 aromatic rings. The van der Waals surface area contributed by atoms with Crippen LogP contribution in [0.25, 0.3) is 0 Å². The first-order valence-electron chi connectivity index (χ1n) is 17.2. The predicted octanol–water partition coefficient (Wildman–Crippen LogP) is 6.36. The second-order valence-corrected chi connectivity index (χ2v) is 17.5. The number of esters is 1. The van der Waals surface area contributed by atoms with Crippen molar-refractivity contribution in [3.05, 3.63) is 52.6 Å². The van der Waals surface area contributed by atoms with Gasteiger partial charge in [-0.2, -0.15) is 0 Å². The van der Waals surface area contributed by atoms with E-state index in [1.165, 1.54) is 6.92 Å². The highest BCUT2D eigenvalue weighted by Gasteiger charge is 2.70. The van der Waals surface area contributed by atoms with Gasteiger partial charge in [0.15, 0.2) is 11.6 Å². The maximum atomic E-state index is 14.1. The summed E-state index contributed by atoms with van der Waals surface area (Å²) in [5, 5.41) is 22.9. The van der Waals surface area contributed by atoms with Crippen LogP contribution in [0.1, 0.15) is 99.8 Å². The number of carbonyl (C=O) groups excluding carboxylic acids is 2. The van der Waals surface area contributed by atoms with Crippen molar-refractivity contribution in [3.63, 3.8) is 0 Å². The minimum atomic E-state index is -4.61. The van der Waals surface area contributed by atoms with Crippen LogP contribution in [0.2, 0.25) is 0 Å². The smallest absolute Gasteiger partial charge is 0.303 e. The summed E-state index contributed by atoms with van der Waals surface area (Å²) in [5.41, 5.74) is 0.489. The molecular formula is C37H51F2NO7S. The van der Waals surface area contributed by atoms with Gasteiger partial charge >= 0.3 is 5.97 Å². The van der Waals surface area contributed by atoms with Gasteiger partial charge in [-0.05, 0) is 129 Å². The van der Waals surface area contributed by atoms with E-state index in [1.54, 1.807) is 0 Å².